The van der Waals surface area contributed by atoms with Gasteiger partial charge in [0.2, 0.25) is 0 Å². The summed E-state index contributed by atoms with van der Waals surface area (Å²) in [5.74, 6) is 1.98. The van der Waals surface area contributed by atoms with Crippen molar-refractivity contribution in [1.29, 1.82) is 0 Å². The Labute approximate surface area is 245 Å². The summed E-state index contributed by atoms with van der Waals surface area (Å²) in [7, 11) is 0. The first kappa shape index (κ1) is 28.5. The van der Waals surface area contributed by atoms with Crippen molar-refractivity contribution in [2.45, 2.75) is 132 Å². The highest BCUT2D eigenvalue weighted by Gasteiger charge is 2.68. The summed E-state index contributed by atoms with van der Waals surface area (Å²) in [6, 6.07) is 10.1. The number of esters is 1. The van der Waals surface area contributed by atoms with E-state index in [0.29, 0.717) is 39.9 Å². The molecule has 0 amide bonds. The average molecular weight is 545 g/mol. The molecule has 5 aliphatic carbocycles. The molecule has 6 rings (SSSR count). The highest BCUT2D eigenvalue weighted by molar-refractivity contribution is 5.72. The lowest BCUT2D eigenvalue weighted by molar-refractivity contribution is -0.212. The second kappa shape index (κ2) is 9.21. The molecule has 2 nitrogen and oxygen atoms in total. The predicted octanol–water partition coefficient (Wildman–Crippen LogP) is 9.96. The quantitative estimate of drug-likeness (QED) is 0.279. The van der Waals surface area contributed by atoms with Gasteiger partial charge in [-0.25, -0.2) is 0 Å². The van der Waals surface area contributed by atoms with Crippen LogP contribution in [0.4, 0.5) is 0 Å². The number of ether oxygens (including phenoxy) is 1. The van der Waals surface area contributed by atoms with Crippen molar-refractivity contribution in [2.24, 2.45) is 50.2 Å². The SMILES string of the molecule is CC1(C)CCC2(C)CCC3(C)C(=CCC4C5(C)CCC(OC(=O)Cc6ccccc6)C(C)(C)C5CCC43C)C2C1. The number of carbonyl (C=O) groups is 1. The fourth-order valence-corrected chi connectivity index (χ4v) is 11.7. The molecule has 0 bridgehead atoms. The van der Waals surface area contributed by atoms with Crippen LogP contribution in [0.1, 0.15) is 125 Å². The molecule has 1 aromatic carbocycles. The topological polar surface area (TPSA) is 26.3 Å². The smallest absolute Gasteiger partial charge is 0.310 e. The van der Waals surface area contributed by atoms with Crippen LogP contribution in [0.15, 0.2) is 42.0 Å². The van der Waals surface area contributed by atoms with Gasteiger partial charge in [0.25, 0.3) is 0 Å². The Hall–Kier alpha value is -1.57. The summed E-state index contributed by atoms with van der Waals surface area (Å²) in [5.41, 5.74) is 4.79. The Morgan fingerprint density at radius 1 is 0.825 bits per heavy atom. The number of benzene rings is 1. The fourth-order valence-electron chi connectivity index (χ4n) is 11.7. The van der Waals surface area contributed by atoms with Crippen molar-refractivity contribution in [3.05, 3.63) is 47.5 Å². The van der Waals surface area contributed by atoms with Crippen molar-refractivity contribution < 1.29 is 9.53 Å². The van der Waals surface area contributed by atoms with Crippen LogP contribution in [0.2, 0.25) is 0 Å². The van der Waals surface area contributed by atoms with Gasteiger partial charge in [0.15, 0.2) is 0 Å². The first-order valence-electron chi connectivity index (χ1n) is 16.6. The molecule has 8 unspecified atom stereocenters. The second-order valence-corrected chi connectivity index (χ2v) is 17.4. The maximum absolute atomic E-state index is 13.0. The van der Waals surface area contributed by atoms with Gasteiger partial charge in [0.1, 0.15) is 6.10 Å². The summed E-state index contributed by atoms with van der Waals surface area (Å²) in [6.07, 6.45) is 16.1. The van der Waals surface area contributed by atoms with E-state index in [4.69, 9.17) is 4.74 Å². The summed E-state index contributed by atoms with van der Waals surface area (Å²) < 4.78 is 6.31. The predicted molar refractivity (Wildman–Crippen MR) is 165 cm³/mol. The molecular weight excluding hydrogens is 488 g/mol. The van der Waals surface area contributed by atoms with Crippen molar-refractivity contribution in [3.63, 3.8) is 0 Å². The zero-order chi connectivity index (χ0) is 28.8. The summed E-state index contributed by atoms with van der Waals surface area (Å²) >= 11 is 0. The molecule has 4 fully saturated rings. The monoisotopic (exact) mass is 544 g/mol. The largest absolute Gasteiger partial charge is 0.462 e. The molecule has 4 saturated carbocycles. The van der Waals surface area contributed by atoms with Gasteiger partial charge < -0.3 is 4.74 Å². The highest BCUT2D eigenvalue weighted by atomic mass is 16.5. The molecule has 40 heavy (non-hydrogen) atoms. The summed E-state index contributed by atoms with van der Waals surface area (Å²) in [4.78, 5) is 13.0. The van der Waals surface area contributed by atoms with E-state index in [2.05, 4.69) is 61.5 Å². The lowest BCUT2D eigenvalue weighted by Crippen LogP contribution is -2.64. The number of rotatable bonds is 3. The van der Waals surface area contributed by atoms with Crippen LogP contribution < -0.4 is 0 Å². The Kier molecular flexibility index (Phi) is 6.57. The molecule has 5 aliphatic rings. The minimum absolute atomic E-state index is 0.00982. The maximum Gasteiger partial charge on any atom is 0.310 e. The number of hydrogen-bond donors (Lipinski definition) is 0. The lowest BCUT2D eigenvalue weighted by Gasteiger charge is -2.71. The summed E-state index contributed by atoms with van der Waals surface area (Å²) in [6.45, 7) is 20.5. The van der Waals surface area contributed by atoms with Gasteiger partial charge in [-0.15, -0.1) is 0 Å². The van der Waals surface area contributed by atoms with Crippen LogP contribution in [-0.2, 0) is 16.0 Å². The van der Waals surface area contributed by atoms with Crippen LogP contribution >= 0.6 is 0 Å². The minimum atomic E-state index is -0.0630. The fraction of sp³-hybridized carbons (Fsp3) is 0.763. The van der Waals surface area contributed by atoms with E-state index >= 15 is 0 Å². The van der Waals surface area contributed by atoms with E-state index in [1.54, 1.807) is 0 Å². The van der Waals surface area contributed by atoms with Gasteiger partial charge in [0.05, 0.1) is 6.42 Å². The van der Waals surface area contributed by atoms with Crippen molar-refractivity contribution >= 4 is 5.97 Å². The number of allylic oxidation sites excluding steroid dienone is 2. The third-order valence-electron chi connectivity index (χ3n) is 14.5. The van der Waals surface area contributed by atoms with E-state index < -0.39 is 0 Å². The molecule has 0 N–H and O–H groups in total. The van der Waals surface area contributed by atoms with Crippen molar-refractivity contribution in [1.82, 2.24) is 0 Å². The maximum atomic E-state index is 13.0. The van der Waals surface area contributed by atoms with Crippen molar-refractivity contribution in [3.8, 4) is 0 Å². The van der Waals surface area contributed by atoms with E-state index in [1.165, 1.54) is 57.8 Å². The molecule has 8 atom stereocenters. The van der Waals surface area contributed by atoms with Gasteiger partial charge in [-0.3, -0.25) is 4.79 Å². The first-order valence-corrected chi connectivity index (χ1v) is 16.6. The molecule has 0 radical (unpaired) electrons. The van der Waals surface area contributed by atoms with Gasteiger partial charge in [0, 0.05) is 5.41 Å². The van der Waals surface area contributed by atoms with E-state index in [9.17, 15) is 4.79 Å². The third kappa shape index (κ3) is 4.11. The van der Waals surface area contributed by atoms with Crippen LogP contribution in [-0.4, -0.2) is 12.1 Å². The zero-order valence-electron chi connectivity index (χ0n) is 26.9. The number of hydrogen-bond acceptors (Lipinski definition) is 2. The Morgan fingerprint density at radius 2 is 1.52 bits per heavy atom. The average Bonchev–Trinajstić information content (AvgIpc) is 2.88. The number of fused-ring (bicyclic) bond motifs is 7. The molecule has 0 aliphatic heterocycles. The van der Waals surface area contributed by atoms with E-state index in [-0.39, 0.29) is 22.9 Å². The van der Waals surface area contributed by atoms with Gasteiger partial charge in [-0.05, 0) is 115 Å². The van der Waals surface area contributed by atoms with Crippen LogP contribution in [0, 0.1) is 50.2 Å². The summed E-state index contributed by atoms with van der Waals surface area (Å²) in [5, 5.41) is 0. The highest BCUT2D eigenvalue weighted by Crippen LogP contribution is 2.75. The molecule has 2 heteroatoms. The lowest BCUT2D eigenvalue weighted by atomic mass is 9.33. The zero-order valence-corrected chi connectivity index (χ0v) is 26.9. The third-order valence-corrected chi connectivity index (χ3v) is 14.5. The van der Waals surface area contributed by atoms with Gasteiger partial charge >= 0.3 is 5.97 Å². The molecular formula is C38H56O2. The van der Waals surface area contributed by atoms with Gasteiger partial charge in [-0.1, -0.05) is 97.4 Å². The molecule has 220 valence electrons. The normalized spacial score (nSPS) is 45.1. The van der Waals surface area contributed by atoms with Crippen LogP contribution in [0.5, 0.6) is 0 Å². The Balaban J connectivity index is 1.27. The minimum Gasteiger partial charge on any atom is -0.462 e. The standard InChI is InChI=1S/C38H56O2/c1-33(2)20-21-35(5)22-23-37(7)27(28(35)25-33)14-15-30-36(6)18-17-31(34(3,4)29(36)16-19-38(30,37)8)40-32(39)24-26-12-10-9-11-13-26/h9-14,28-31H,15-25H2,1-8H3. The van der Waals surface area contributed by atoms with Gasteiger partial charge in [-0.2, -0.15) is 0 Å². The Bertz CT molecular complexity index is 1180. The molecule has 0 spiro atoms. The number of carbonyl (C=O) groups excluding carboxylic acids is 1. The van der Waals surface area contributed by atoms with E-state index in [0.717, 1.165) is 17.9 Å². The molecule has 0 heterocycles. The van der Waals surface area contributed by atoms with Crippen molar-refractivity contribution in [2.75, 3.05) is 0 Å². The second-order valence-electron chi connectivity index (χ2n) is 17.4. The molecule has 0 saturated heterocycles. The molecule has 0 aromatic heterocycles. The first-order chi connectivity index (χ1) is 18.6. The van der Waals surface area contributed by atoms with Crippen LogP contribution in [0.25, 0.3) is 0 Å². The van der Waals surface area contributed by atoms with Crippen LogP contribution in [0.3, 0.4) is 0 Å². The van der Waals surface area contributed by atoms with E-state index in [1.807, 2.05) is 35.9 Å². The molecule has 1 aromatic rings. The Morgan fingerprint density at radius 3 is 2.25 bits per heavy atom.